The molecule has 6 nitrogen and oxygen atoms in total. The first kappa shape index (κ1) is 13.9. The van der Waals surface area contributed by atoms with Crippen molar-refractivity contribution in [2.75, 3.05) is 13.7 Å². The van der Waals surface area contributed by atoms with Gasteiger partial charge in [0.2, 0.25) is 0 Å². The summed E-state index contributed by atoms with van der Waals surface area (Å²) >= 11 is 0. The van der Waals surface area contributed by atoms with Crippen molar-refractivity contribution in [2.24, 2.45) is 0 Å². The van der Waals surface area contributed by atoms with Gasteiger partial charge in [-0.3, -0.25) is 0 Å². The molecule has 2 aliphatic heterocycles. The average Bonchev–Trinajstić information content (AvgIpc) is 2.51. The Morgan fingerprint density at radius 3 is 2.55 bits per heavy atom. The molecule has 2 fully saturated rings. The van der Waals surface area contributed by atoms with Crippen molar-refractivity contribution in [3.63, 3.8) is 0 Å². The minimum absolute atomic E-state index is 0.272. The molecule has 2 N–H and O–H groups in total. The lowest BCUT2D eigenvalue weighted by Gasteiger charge is -2.45. The zero-order valence-corrected chi connectivity index (χ0v) is 11.1. The molecule has 0 amide bonds. The van der Waals surface area contributed by atoms with E-state index in [1.807, 2.05) is 30.3 Å². The summed E-state index contributed by atoms with van der Waals surface area (Å²) in [4.78, 5) is 0. The van der Waals surface area contributed by atoms with Crippen molar-refractivity contribution in [1.29, 1.82) is 0 Å². The quantitative estimate of drug-likeness (QED) is 0.806. The third-order valence-corrected chi connectivity index (χ3v) is 3.64. The van der Waals surface area contributed by atoms with Crippen LogP contribution in [0.1, 0.15) is 11.9 Å². The van der Waals surface area contributed by atoms with E-state index in [1.54, 1.807) is 0 Å². The van der Waals surface area contributed by atoms with E-state index in [0.717, 1.165) is 5.56 Å². The van der Waals surface area contributed by atoms with Gasteiger partial charge in [0.25, 0.3) is 0 Å². The first-order valence-corrected chi connectivity index (χ1v) is 6.57. The third kappa shape index (κ3) is 2.46. The van der Waals surface area contributed by atoms with Gasteiger partial charge in [-0.05, 0) is 0 Å². The average molecular weight is 282 g/mol. The molecule has 110 valence electrons. The molecule has 6 atom stereocenters. The molecular weight excluding hydrogens is 264 g/mol. The number of ether oxygens (including phenoxy) is 4. The van der Waals surface area contributed by atoms with Crippen molar-refractivity contribution in [2.45, 2.75) is 37.0 Å². The molecule has 0 radical (unpaired) electrons. The van der Waals surface area contributed by atoms with Crippen LogP contribution in [0.3, 0.4) is 0 Å². The standard InChI is InChI=1S/C14H18O6/c1-17-14-11(16)10(15)12-9(19-14)7-18-13(20-12)8-5-3-2-4-6-8/h2-6,9-16H,7H2,1H3/t9-,10+,11-,12+,13+,14+/m0/s1. The van der Waals surface area contributed by atoms with Gasteiger partial charge in [0, 0.05) is 12.7 Å². The molecule has 0 unspecified atom stereocenters. The Labute approximate surface area is 116 Å². The molecule has 1 aromatic rings. The lowest BCUT2D eigenvalue weighted by molar-refractivity contribution is -0.358. The maximum atomic E-state index is 10.1. The molecule has 0 aliphatic carbocycles. The third-order valence-electron chi connectivity index (χ3n) is 3.64. The van der Waals surface area contributed by atoms with Crippen molar-refractivity contribution in [3.8, 4) is 0 Å². The van der Waals surface area contributed by atoms with Crippen LogP contribution in [-0.2, 0) is 18.9 Å². The zero-order valence-electron chi connectivity index (χ0n) is 11.1. The minimum atomic E-state index is -1.14. The second kappa shape index (κ2) is 5.77. The van der Waals surface area contributed by atoms with Gasteiger partial charge in [-0.25, -0.2) is 0 Å². The van der Waals surface area contributed by atoms with Crippen LogP contribution in [0.25, 0.3) is 0 Å². The summed E-state index contributed by atoms with van der Waals surface area (Å²) in [6.07, 6.45) is -4.76. The Balaban J connectivity index is 1.74. The smallest absolute Gasteiger partial charge is 0.186 e. The zero-order chi connectivity index (χ0) is 14.1. The number of rotatable bonds is 2. The predicted molar refractivity (Wildman–Crippen MR) is 67.7 cm³/mol. The van der Waals surface area contributed by atoms with Crippen LogP contribution in [0.4, 0.5) is 0 Å². The highest BCUT2D eigenvalue weighted by Crippen LogP contribution is 2.33. The van der Waals surface area contributed by atoms with Gasteiger partial charge in [0.05, 0.1) is 6.61 Å². The van der Waals surface area contributed by atoms with Crippen LogP contribution in [0.2, 0.25) is 0 Å². The second-order valence-electron chi connectivity index (χ2n) is 4.94. The van der Waals surface area contributed by atoms with E-state index < -0.39 is 37.0 Å². The van der Waals surface area contributed by atoms with Crippen molar-refractivity contribution < 1.29 is 29.2 Å². The summed E-state index contributed by atoms with van der Waals surface area (Å²) in [5.74, 6) is 0. The number of aliphatic hydroxyl groups is 2. The van der Waals surface area contributed by atoms with E-state index in [9.17, 15) is 10.2 Å². The largest absolute Gasteiger partial charge is 0.387 e. The molecule has 0 spiro atoms. The molecule has 0 bridgehead atoms. The molecule has 2 aliphatic rings. The fourth-order valence-electron chi connectivity index (χ4n) is 2.55. The molecule has 0 saturated carbocycles. The van der Waals surface area contributed by atoms with Crippen LogP contribution in [0, 0.1) is 0 Å². The highest BCUT2D eigenvalue weighted by molar-refractivity contribution is 5.16. The summed E-state index contributed by atoms with van der Waals surface area (Å²) in [5.41, 5.74) is 0.863. The van der Waals surface area contributed by atoms with Crippen LogP contribution in [0.5, 0.6) is 0 Å². The molecule has 20 heavy (non-hydrogen) atoms. The topological polar surface area (TPSA) is 77.4 Å². The van der Waals surface area contributed by atoms with Gasteiger partial charge in [0.15, 0.2) is 12.6 Å². The first-order valence-electron chi connectivity index (χ1n) is 6.57. The van der Waals surface area contributed by atoms with Gasteiger partial charge in [-0.1, -0.05) is 30.3 Å². The van der Waals surface area contributed by atoms with E-state index >= 15 is 0 Å². The van der Waals surface area contributed by atoms with Crippen LogP contribution in [0.15, 0.2) is 30.3 Å². The number of hydrogen-bond acceptors (Lipinski definition) is 6. The molecule has 3 rings (SSSR count). The number of aliphatic hydroxyl groups excluding tert-OH is 2. The Morgan fingerprint density at radius 1 is 1.10 bits per heavy atom. The Bertz CT molecular complexity index is 437. The van der Waals surface area contributed by atoms with Crippen molar-refractivity contribution >= 4 is 0 Å². The molecule has 6 heteroatoms. The Morgan fingerprint density at radius 2 is 1.85 bits per heavy atom. The van der Waals surface area contributed by atoms with Gasteiger partial charge in [0.1, 0.15) is 24.4 Å². The predicted octanol–water partition coefficient (Wildman–Crippen LogP) is 0.194. The maximum absolute atomic E-state index is 10.1. The fraction of sp³-hybridized carbons (Fsp3) is 0.571. The van der Waals surface area contributed by atoms with Gasteiger partial charge >= 0.3 is 0 Å². The van der Waals surface area contributed by atoms with Crippen LogP contribution in [-0.4, -0.2) is 54.6 Å². The molecule has 0 aromatic heterocycles. The van der Waals surface area contributed by atoms with E-state index in [0.29, 0.717) is 0 Å². The van der Waals surface area contributed by atoms with Crippen LogP contribution < -0.4 is 0 Å². The number of methoxy groups -OCH3 is 1. The number of fused-ring (bicyclic) bond motifs is 1. The highest BCUT2D eigenvalue weighted by atomic mass is 16.7. The Kier molecular flexibility index (Phi) is 4.02. The summed E-state index contributed by atoms with van der Waals surface area (Å²) in [7, 11) is 1.41. The van der Waals surface area contributed by atoms with Crippen molar-refractivity contribution in [3.05, 3.63) is 35.9 Å². The molecular formula is C14H18O6. The van der Waals surface area contributed by atoms with Crippen molar-refractivity contribution in [1.82, 2.24) is 0 Å². The summed E-state index contributed by atoms with van der Waals surface area (Å²) in [5, 5.41) is 20.1. The van der Waals surface area contributed by atoms with E-state index in [-0.39, 0.29) is 6.61 Å². The minimum Gasteiger partial charge on any atom is -0.387 e. The fourth-order valence-corrected chi connectivity index (χ4v) is 2.55. The van der Waals surface area contributed by atoms with E-state index in [2.05, 4.69) is 0 Å². The molecule has 2 heterocycles. The maximum Gasteiger partial charge on any atom is 0.186 e. The lowest BCUT2D eigenvalue weighted by atomic mass is 9.98. The summed E-state index contributed by atoms with van der Waals surface area (Å²) in [6.45, 7) is 0.272. The summed E-state index contributed by atoms with van der Waals surface area (Å²) in [6, 6.07) is 9.45. The summed E-state index contributed by atoms with van der Waals surface area (Å²) < 4.78 is 21.9. The number of hydrogen-bond donors (Lipinski definition) is 2. The highest BCUT2D eigenvalue weighted by Gasteiger charge is 2.48. The SMILES string of the molecule is CO[C@@H]1O[C@H]2CO[C@@H](c3ccccc3)O[C@H]2[C@H](O)[C@@H]1O. The Hall–Kier alpha value is -1.02. The first-order chi connectivity index (χ1) is 9.70. The van der Waals surface area contributed by atoms with E-state index in [1.165, 1.54) is 7.11 Å². The number of benzene rings is 1. The molecule has 2 saturated heterocycles. The van der Waals surface area contributed by atoms with E-state index in [4.69, 9.17) is 18.9 Å². The van der Waals surface area contributed by atoms with Gasteiger partial charge < -0.3 is 29.2 Å². The normalized spacial score (nSPS) is 41.1. The monoisotopic (exact) mass is 282 g/mol. The second-order valence-corrected chi connectivity index (χ2v) is 4.94. The van der Waals surface area contributed by atoms with Gasteiger partial charge in [-0.2, -0.15) is 0 Å². The molecule has 1 aromatic carbocycles. The van der Waals surface area contributed by atoms with Crippen LogP contribution >= 0.6 is 0 Å². The lowest BCUT2D eigenvalue weighted by Crippen LogP contribution is -2.62. The van der Waals surface area contributed by atoms with Gasteiger partial charge in [-0.15, -0.1) is 0 Å².